The molecule has 2 aromatic carbocycles. The van der Waals surface area contributed by atoms with Gasteiger partial charge in [0.25, 0.3) is 0 Å². The second-order valence-corrected chi connectivity index (χ2v) is 8.70. The Hall–Kier alpha value is -3.00. The van der Waals surface area contributed by atoms with Crippen LogP contribution in [0.2, 0.25) is 0 Å². The van der Waals surface area contributed by atoms with E-state index in [0.717, 1.165) is 29.8 Å². The number of rotatable bonds is 6. The number of aromatic nitrogens is 1. The highest BCUT2D eigenvalue weighted by atomic mass is 32.1. The maximum atomic E-state index is 13.0. The molecule has 1 fully saturated rings. The van der Waals surface area contributed by atoms with E-state index in [-0.39, 0.29) is 17.8 Å². The summed E-state index contributed by atoms with van der Waals surface area (Å²) in [6.45, 7) is 2.05. The van der Waals surface area contributed by atoms with Crippen molar-refractivity contribution in [2.24, 2.45) is 0 Å². The summed E-state index contributed by atoms with van der Waals surface area (Å²) in [6.07, 6.45) is 3.18. The Kier molecular flexibility index (Phi) is 6.76. The van der Waals surface area contributed by atoms with Crippen molar-refractivity contribution < 1.29 is 14.0 Å². The van der Waals surface area contributed by atoms with Crippen LogP contribution in [-0.2, 0) is 11.2 Å². The Morgan fingerprint density at radius 1 is 0.968 bits per heavy atom. The van der Waals surface area contributed by atoms with E-state index in [9.17, 15) is 14.0 Å². The summed E-state index contributed by atoms with van der Waals surface area (Å²) < 4.78 is 14.2. The van der Waals surface area contributed by atoms with E-state index in [2.05, 4.69) is 16.4 Å². The van der Waals surface area contributed by atoms with Gasteiger partial charge in [-0.2, -0.15) is 0 Å². The highest BCUT2D eigenvalue weighted by Crippen LogP contribution is 2.23. The number of para-hydroxylation sites is 1. The van der Waals surface area contributed by atoms with E-state index in [4.69, 9.17) is 0 Å². The second kappa shape index (κ2) is 9.87. The summed E-state index contributed by atoms with van der Waals surface area (Å²) in [6, 6.07) is 13.6. The number of benzene rings is 2. The van der Waals surface area contributed by atoms with Gasteiger partial charge in [-0.15, -0.1) is 11.3 Å². The van der Waals surface area contributed by atoms with E-state index in [0.29, 0.717) is 38.3 Å². The van der Waals surface area contributed by atoms with E-state index in [1.165, 1.54) is 29.0 Å². The summed E-state index contributed by atoms with van der Waals surface area (Å²) in [5.41, 5.74) is 1.60. The molecule has 1 saturated heterocycles. The maximum absolute atomic E-state index is 13.0. The molecule has 0 radical (unpaired) electrons. The van der Waals surface area contributed by atoms with Crippen molar-refractivity contribution >= 4 is 39.2 Å². The Morgan fingerprint density at radius 2 is 1.68 bits per heavy atom. The molecule has 1 aliphatic rings. The monoisotopic (exact) mass is 440 g/mol. The smallest absolute Gasteiger partial charge is 0.321 e. The molecule has 31 heavy (non-hydrogen) atoms. The van der Waals surface area contributed by atoms with Gasteiger partial charge in [0, 0.05) is 38.3 Å². The Balaban J connectivity index is 1.16. The van der Waals surface area contributed by atoms with Crippen LogP contribution in [0.3, 0.4) is 0 Å². The molecule has 0 bridgehead atoms. The first-order valence-corrected chi connectivity index (χ1v) is 11.3. The second-order valence-electron chi connectivity index (χ2n) is 7.59. The van der Waals surface area contributed by atoms with Crippen LogP contribution >= 0.6 is 11.3 Å². The molecule has 1 N–H and O–H groups in total. The molecule has 0 atom stereocenters. The molecule has 0 spiro atoms. The van der Waals surface area contributed by atoms with Gasteiger partial charge in [0.05, 0.1) is 15.2 Å². The highest BCUT2D eigenvalue weighted by Gasteiger charge is 2.23. The van der Waals surface area contributed by atoms with Crippen molar-refractivity contribution in [2.45, 2.75) is 25.7 Å². The molecule has 0 saturated carbocycles. The van der Waals surface area contributed by atoms with E-state index < -0.39 is 0 Å². The number of unbranched alkanes of at least 4 members (excludes halogenated alkanes) is 1. The lowest BCUT2D eigenvalue weighted by Gasteiger charge is -2.34. The number of nitrogens with one attached hydrogen (secondary N) is 1. The van der Waals surface area contributed by atoms with Crippen LogP contribution < -0.4 is 5.32 Å². The van der Waals surface area contributed by atoms with Gasteiger partial charge in [-0.3, -0.25) is 4.79 Å². The fourth-order valence-corrected chi connectivity index (χ4v) is 4.64. The highest BCUT2D eigenvalue weighted by molar-refractivity contribution is 7.18. The number of hydrogen-bond acceptors (Lipinski definition) is 4. The predicted octanol–water partition coefficient (Wildman–Crippen LogP) is 4.52. The number of piperazine rings is 1. The van der Waals surface area contributed by atoms with E-state index >= 15 is 0 Å². The summed E-state index contributed by atoms with van der Waals surface area (Å²) in [5, 5.41) is 3.88. The largest absolute Gasteiger partial charge is 0.339 e. The zero-order chi connectivity index (χ0) is 21.6. The number of aryl methyl sites for hydroxylation is 1. The molecule has 162 valence electrons. The third-order valence-electron chi connectivity index (χ3n) is 5.38. The van der Waals surface area contributed by atoms with Crippen molar-refractivity contribution in [1.82, 2.24) is 14.8 Å². The van der Waals surface area contributed by atoms with Crippen LogP contribution in [0.4, 0.5) is 14.9 Å². The minimum absolute atomic E-state index is 0.142. The first-order valence-electron chi connectivity index (χ1n) is 10.5. The molecule has 1 aromatic heterocycles. The fraction of sp³-hybridized carbons (Fsp3) is 0.348. The number of thiazole rings is 1. The first kappa shape index (κ1) is 21.2. The quantitative estimate of drug-likeness (QED) is 0.573. The summed E-state index contributed by atoms with van der Waals surface area (Å²) >= 11 is 1.72. The number of carbonyl (C=O) groups excluding carboxylic acids is 2. The number of urea groups is 1. The molecule has 8 heteroatoms. The average Bonchev–Trinajstić information content (AvgIpc) is 3.21. The van der Waals surface area contributed by atoms with Gasteiger partial charge in [0.1, 0.15) is 5.82 Å². The first-order chi connectivity index (χ1) is 15.1. The zero-order valence-electron chi connectivity index (χ0n) is 17.2. The number of nitrogens with zero attached hydrogens (tertiary/aromatic N) is 3. The zero-order valence-corrected chi connectivity index (χ0v) is 18.0. The van der Waals surface area contributed by atoms with Gasteiger partial charge in [-0.1, -0.05) is 12.1 Å². The third-order valence-corrected chi connectivity index (χ3v) is 6.48. The van der Waals surface area contributed by atoms with Gasteiger partial charge in [0.15, 0.2) is 0 Å². The molecule has 2 heterocycles. The molecule has 0 unspecified atom stereocenters. The molecular formula is C23H25FN4O2S. The van der Waals surface area contributed by atoms with Crippen LogP contribution in [0.15, 0.2) is 48.5 Å². The van der Waals surface area contributed by atoms with Crippen molar-refractivity contribution in [3.05, 3.63) is 59.4 Å². The van der Waals surface area contributed by atoms with Crippen LogP contribution in [0, 0.1) is 5.82 Å². The van der Waals surface area contributed by atoms with Gasteiger partial charge in [-0.25, -0.2) is 14.2 Å². The standard InChI is InChI=1S/C23H25FN4O2S/c24-17-9-11-18(12-10-17)25-23(30)28-15-13-27(14-16-28)22(29)8-4-3-7-21-26-19-5-1-2-6-20(19)31-21/h1-2,5-6,9-12H,3-4,7-8,13-16H2,(H,25,30). The van der Waals surface area contributed by atoms with Gasteiger partial charge >= 0.3 is 6.03 Å². The maximum Gasteiger partial charge on any atom is 0.321 e. The molecule has 0 aliphatic carbocycles. The molecule has 3 aromatic rings. The molecular weight excluding hydrogens is 415 g/mol. The number of amides is 3. The Bertz CT molecular complexity index is 1010. The molecule has 1 aliphatic heterocycles. The topological polar surface area (TPSA) is 65.5 Å². The van der Waals surface area contributed by atoms with Crippen molar-refractivity contribution in [3.8, 4) is 0 Å². The number of halogens is 1. The van der Waals surface area contributed by atoms with E-state index in [1.54, 1.807) is 16.2 Å². The number of carbonyl (C=O) groups is 2. The van der Waals surface area contributed by atoms with Crippen molar-refractivity contribution in [3.63, 3.8) is 0 Å². The van der Waals surface area contributed by atoms with Gasteiger partial charge < -0.3 is 15.1 Å². The lowest BCUT2D eigenvalue weighted by atomic mass is 10.1. The number of anilines is 1. The molecule has 4 rings (SSSR count). The van der Waals surface area contributed by atoms with Crippen molar-refractivity contribution in [1.29, 1.82) is 0 Å². The Labute approximate surface area is 184 Å². The number of fused-ring (bicyclic) bond motifs is 1. The minimum atomic E-state index is -0.342. The normalized spacial score (nSPS) is 14.1. The molecule has 3 amide bonds. The van der Waals surface area contributed by atoms with Crippen LogP contribution in [-0.4, -0.2) is 52.9 Å². The lowest BCUT2D eigenvalue weighted by molar-refractivity contribution is -0.132. The number of hydrogen-bond donors (Lipinski definition) is 1. The van der Waals surface area contributed by atoms with Crippen LogP contribution in [0.25, 0.3) is 10.2 Å². The molecule has 6 nitrogen and oxygen atoms in total. The minimum Gasteiger partial charge on any atom is -0.339 e. The summed E-state index contributed by atoms with van der Waals surface area (Å²) in [5.74, 6) is -0.201. The van der Waals surface area contributed by atoms with Gasteiger partial charge in [0.2, 0.25) is 5.91 Å². The van der Waals surface area contributed by atoms with Crippen molar-refractivity contribution in [2.75, 3.05) is 31.5 Å². The lowest BCUT2D eigenvalue weighted by Crippen LogP contribution is -2.51. The van der Waals surface area contributed by atoms with Crippen LogP contribution in [0.1, 0.15) is 24.3 Å². The summed E-state index contributed by atoms with van der Waals surface area (Å²) in [7, 11) is 0. The van der Waals surface area contributed by atoms with Gasteiger partial charge in [-0.05, 0) is 55.7 Å². The SMILES string of the molecule is O=C(CCCCc1nc2ccccc2s1)N1CCN(C(=O)Nc2ccc(F)cc2)CC1. The third kappa shape index (κ3) is 5.58. The predicted molar refractivity (Wildman–Crippen MR) is 121 cm³/mol. The average molecular weight is 441 g/mol. The fourth-order valence-electron chi connectivity index (χ4n) is 3.63. The summed E-state index contributed by atoms with van der Waals surface area (Å²) in [4.78, 5) is 33.0. The van der Waals surface area contributed by atoms with Crippen LogP contribution in [0.5, 0.6) is 0 Å². The van der Waals surface area contributed by atoms with E-state index in [1.807, 2.05) is 23.1 Å². The Morgan fingerprint density at radius 3 is 2.42 bits per heavy atom.